The maximum Gasteiger partial charge on any atom is 0.298 e. The summed E-state index contributed by atoms with van der Waals surface area (Å²) in [7, 11) is -3.01. The van der Waals surface area contributed by atoms with Gasteiger partial charge in [0.25, 0.3) is 10.2 Å². The Balaban J connectivity index is 2.24. The topological polar surface area (TPSA) is 96.3 Å². The van der Waals surface area contributed by atoms with Crippen LogP contribution in [0.2, 0.25) is 0 Å². The van der Waals surface area contributed by atoms with E-state index in [9.17, 15) is 21.6 Å². The van der Waals surface area contributed by atoms with E-state index in [2.05, 4.69) is 31.1 Å². The molecule has 0 spiro atoms. The molecule has 0 saturated heterocycles. The predicted octanol–water partition coefficient (Wildman–Crippen LogP) is 4.14. The average Bonchev–Trinajstić information content (AvgIpc) is 3.17. The van der Waals surface area contributed by atoms with E-state index in [1.54, 1.807) is 0 Å². The molecule has 7 nitrogen and oxygen atoms in total. The first-order valence-corrected chi connectivity index (χ1v) is 9.85. The molecule has 148 valence electrons. The molecule has 0 atom stereocenters. The minimum atomic E-state index is -4.14. The van der Waals surface area contributed by atoms with Crippen molar-refractivity contribution in [3.8, 4) is 11.3 Å². The van der Waals surface area contributed by atoms with Gasteiger partial charge in [-0.15, -0.1) is 0 Å². The van der Waals surface area contributed by atoms with Crippen LogP contribution in [0, 0.1) is 17.5 Å². The lowest BCUT2D eigenvalue weighted by Gasteiger charge is -2.18. The number of hydrogen-bond acceptors (Lipinski definition) is 5. The van der Waals surface area contributed by atoms with Crippen LogP contribution in [0.25, 0.3) is 11.3 Å². The molecule has 0 fully saturated rings. The molecule has 2 aromatic carbocycles. The van der Waals surface area contributed by atoms with Crippen molar-refractivity contribution < 1.29 is 26.1 Å². The molecule has 0 aliphatic carbocycles. The third-order valence-electron chi connectivity index (χ3n) is 3.63. The molecule has 0 bridgehead atoms. The van der Waals surface area contributed by atoms with E-state index in [0.29, 0.717) is 4.47 Å². The van der Waals surface area contributed by atoms with Gasteiger partial charge in [0, 0.05) is 23.2 Å². The highest BCUT2D eigenvalue weighted by Gasteiger charge is 2.24. The Kier molecular flexibility index (Phi) is 5.63. The van der Waals surface area contributed by atoms with Gasteiger partial charge >= 0.3 is 0 Å². The van der Waals surface area contributed by atoms with Gasteiger partial charge in [0.1, 0.15) is 23.5 Å². The number of rotatable bonds is 6. The van der Waals surface area contributed by atoms with Gasteiger partial charge in [0.05, 0.1) is 11.4 Å². The van der Waals surface area contributed by atoms with E-state index >= 15 is 0 Å². The molecule has 3 aromatic rings. The lowest BCUT2D eigenvalue weighted by atomic mass is 10.1. The van der Waals surface area contributed by atoms with Crippen LogP contribution in [0.3, 0.4) is 0 Å². The summed E-state index contributed by atoms with van der Waals surface area (Å²) >= 11 is 3.09. The fourth-order valence-electron chi connectivity index (χ4n) is 2.31. The van der Waals surface area contributed by atoms with Gasteiger partial charge in [-0.05, 0) is 24.3 Å². The highest BCUT2D eigenvalue weighted by molar-refractivity contribution is 9.10. The normalized spacial score (nSPS) is 11.5. The van der Waals surface area contributed by atoms with Crippen LogP contribution in [-0.2, 0) is 10.2 Å². The summed E-state index contributed by atoms with van der Waals surface area (Å²) < 4.78 is 76.2. The molecule has 3 N–H and O–H groups in total. The van der Waals surface area contributed by atoms with E-state index in [-0.39, 0.29) is 22.6 Å². The molecule has 1 aromatic heterocycles. The number of anilines is 3. The van der Waals surface area contributed by atoms with Crippen molar-refractivity contribution in [1.29, 1.82) is 0 Å². The zero-order chi connectivity index (χ0) is 20.5. The zero-order valence-electron chi connectivity index (χ0n) is 14.1. The Morgan fingerprint density at radius 1 is 1.07 bits per heavy atom. The standard InChI is InChI=1S/C16H12BrF3N4O3S/c1-21-28(25,26)24-15-9(12-4-5-27-23-12)7-11(19)14(20)16(15)22-13-3-2-8(17)6-10(13)18/h2-7,21-22,24H,1H3. The van der Waals surface area contributed by atoms with Crippen LogP contribution in [0.5, 0.6) is 0 Å². The first-order chi connectivity index (χ1) is 13.2. The first-order valence-electron chi connectivity index (χ1n) is 7.58. The Morgan fingerprint density at radius 3 is 2.43 bits per heavy atom. The van der Waals surface area contributed by atoms with Crippen LogP contribution in [0.4, 0.5) is 30.2 Å². The van der Waals surface area contributed by atoms with E-state index in [1.807, 2.05) is 4.72 Å². The van der Waals surface area contributed by atoms with E-state index in [4.69, 9.17) is 4.52 Å². The molecule has 1 heterocycles. The van der Waals surface area contributed by atoms with Gasteiger partial charge in [-0.25, -0.2) is 17.9 Å². The Bertz CT molecular complexity index is 1120. The van der Waals surface area contributed by atoms with Crippen molar-refractivity contribution >= 4 is 43.2 Å². The molecule has 0 saturated carbocycles. The largest absolute Gasteiger partial charge is 0.364 e. The fraction of sp³-hybridized carbons (Fsp3) is 0.0625. The van der Waals surface area contributed by atoms with Crippen molar-refractivity contribution in [2.24, 2.45) is 0 Å². The van der Waals surface area contributed by atoms with Gasteiger partial charge in [-0.1, -0.05) is 21.1 Å². The summed E-state index contributed by atoms with van der Waals surface area (Å²) in [5.41, 5.74) is -1.30. The first kappa shape index (κ1) is 20.2. The summed E-state index contributed by atoms with van der Waals surface area (Å²) in [6, 6.07) is 5.93. The van der Waals surface area contributed by atoms with Gasteiger partial charge in [0.15, 0.2) is 11.6 Å². The second kappa shape index (κ2) is 7.81. The number of benzene rings is 2. The summed E-state index contributed by atoms with van der Waals surface area (Å²) in [5, 5.41) is 6.03. The maximum absolute atomic E-state index is 14.6. The number of nitrogens with zero attached hydrogens (tertiary/aromatic N) is 1. The minimum Gasteiger partial charge on any atom is -0.364 e. The molecule has 0 aliphatic rings. The van der Waals surface area contributed by atoms with Crippen molar-refractivity contribution in [2.45, 2.75) is 0 Å². The summed E-state index contributed by atoms with van der Waals surface area (Å²) in [6.45, 7) is 0. The second-order valence-corrected chi connectivity index (χ2v) is 7.95. The van der Waals surface area contributed by atoms with Crippen molar-refractivity contribution in [1.82, 2.24) is 9.88 Å². The molecular formula is C16H12BrF3N4O3S. The van der Waals surface area contributed by atoms with Crippen molar-refractivity contribution in [3.05, 3.63) is 58.5 Å². The number of nitrogens with one attached hydrogen (secondary N) is 3. The second-order valence-electron chi connectivity index (χ2n) is 5.41. The van der Waals surface area contributed by atoms with Crippen LogP contribution >= 0.6 is 15.9 Å². The lowest BCUT2D eigenvalue weighted by Crippen LogP contribution is -2.27. The third kappa shape index (κ3) is 4.13. The van der Waals surface area contributed by atoms with E-state index in [1.165, 1.54) is 24.5 Å². The quantitative estimate of drug-likeness (QED) is 0.496. The fourth-order valence-corrected chi connectivity index (χ4v) is 3.23. The Hall–Kier alpha value is -2.57. The third-order valence-corrected chi connectivity index (χ3v) is 5.13. The maximum atomic E-state index is 14.6. The van der Waals surface area contributed by atoms with Gasteiger partial charge in [-0.3, -0.25) is 4.72 Å². The highest BCUT2D eigenvalue weighted by Crippen LogP contribution is 2.39. The number of aromatic nitrogens is 1. The molecule has 0 radical (unpaired) electrons. The average molecular weight is 477 g/mol. The van der Waals surface area contributed by atoms with Crippen LogP contribution in [0.1, 0.15) is 0 Å². The van der Waals surface area contributed by atoms with Crippen molar-refractivity contribution in [2.75, 3.05) is 17.1 Å². The van der Waals surface area contributed by atoms with Gasteiger partial charge < -0.3 is 9.84 Å². The van der Waals surface area contributed by atoms with E-state index < -0.39 is 33.3 Å². The van der Waals surface area contributed by atoms with E-state index in [0.717, 1.165) is 19.2 Å². The smallest absolute Gasteiger partial charge is 0.298 e. The van der Waals surface area contributed by atoms with Crippen LogP contribution < -0.4 is 14.8 Å². The molecule has 0 unspecified atom stereocenters. The molecule has 12 heteroatoms. The summed E-state index contributed by atoms with van der Waals surface area (Å²) in [4.78, 5) is 0. The number of halogens is 4. The Labute approximate surface area is 166 Å². The zero-order valence-corrected chi connectivity index (χ0v) is 16.5. The number of hydrogen-bond donors (Lipinski definition) is 3. The predicted molar refractivity (Wildman–Crippen MR) is 101 cm³/mol. The summed E-state index contributed by atoms with van der Waals surface area (Å²) in [5.74, 6) is -3.49. The lowest BCUT2D eigenvalue weighted by molar-refractivity contribution is 0.422. The molecule has 28 heavy (non-hydrogen) atoms. The van der Waals surface area contributed by atoms with Crippen molar-refractivity contribution in [3.63, 3.8) is 0 Å². The minimum absolute atomic E-state index is 0.0343. The van der Waals surface area contributed by atoms with Gasteiger partial charge in [-0.2, -0.15) is 8.42 Å². The Morgan fingerprint density at radius 2 is 1.82 bits per heavy atom. The molecule has 0 aliphatic heterocycles. The van der Waals surface area contributed by atoms with Crippen LogP contribution in [-0.4, -0.2) is 20.6 Å². The SMILES string of the molecule is CNS(=O)(=O)Nc1c(-c2ccon2)cc(F)c(F)c1Nc1ccc(Br)cc1F. The monoisotopic (exact) mass is 476 g/mol. The molecule has 0 amide bonds. The highest BCUT2D eigenvalue weighted by atomic mass is 79.9. The van der Waals surface area contributed by atoms with Gasteiger partial charge in [0.2, 0.25) is 0 Å². The molecule has 3 rings (SSSR count). The van der Waals surface area contributed by atoms with Crippen LogP contribution in [0.15, 0.2) is 45.6 Å². The molecular weight excluding hydrogens is 465 g/mol. The summed E-state index contributed by atoms with van der Waals surface area (Å²) in [6.07, 6.45) is 1.18.